The molecule has 0 amide bonds. The van der Waals surface area contributed by atoms with Gasteiger partial charge in [0.25, 0.3) is 0 Å². The molecule has 2 rings (SSSR count). The van der Waals surface area contributed by atoms with Crippen LogP contribution in [-0.4, -0.2) is 56.2 Å². The molecule has 1 aliphatic carbocycles. The van der Waals surface area contributed by atoms with E-state index in [-0.39, 0.29) is 5.54 Å². The molecule has 21 heavy (non-hydrogen) atoms. The van der Waals surface area contributed by atoms with Gasteiger partial charge in [-0.2, -0.15) is 0 Å². The van der Waals surface area contributed by atoms with E-state index in [2.05, 4.69) is 28.9 Å². The molecule has 0 atom stereocenters. The Balaban J connectivity index is 2.19. The maximum absolute atomic E-state index is 11.7. The number of esters is 1. The van der Waals surface area contributed by atoms with Crippen LogP contribution in [0.25, 0.3) is 0 Å². The predicted molar refractivity (Wildman–Crippen MR) is 83.5 cm³/mol. The number of nitrogen functional groups attached to an aromatic ring is 1. The Labute approximate surface area is 125 Å². The lowest BCUT2D eigenvalue weighted by Crippen LogP contribution is -2.56. The van der Waals surface area contributed by atoms with Gasteiger partial charge in [-0.15, -0.1) is 0 Å². The number of pyridine rings is 1. The second kappa shape index (κ2) is 5.89. The van der Waals surface area contributed by atoms with Gasteiger partial charge in [0.1, 0.15) is 5.82 Å². The molecule has 116 valence electrons. The number of methoxy groups -OCH3 is 1. The van der Waals surface area contributed by atoms with E-state index >= 15 is 0 Å². The molecule has 1 aromatic heterocycles. The number of ether oxygens (including phenoxy) is 1. The predicted octanol–water partition coefficient (Wildman–Crippen LogP) is 1.37. The first-order valence-electron chi connectivity index (χ1n) is 7.12. The van der Waals surface area contributed by atoms with Crippen LogP contribution in [-0.2, 0) is 4.74 Å². The van der Waals surface area contributed by atoms with E-state index in [1.54, 1.807) is 6.07 Å². The standard InChI is InChI=1S/C15H24N4O2/c1-18(2)15(6-5-7-15)10-19(3)13-8-11(14(20)21-4)12(16)9-17-13/h8-9H,5-7,10,16H2,1-4H3. The summed E-state index contributed by atoms with van der Waals surface area (Å²) >= 11 is 0. The topological polar surface area (TPSA) is 71.7 Å². The third-order valence-corrected chi connectivity index (χ3v) is 4.48. The summed E-state index contributed by atoms with van der Waals surface area (Å²) in [6, 6.07) is 1.70. The van der Waals surface area contributed by atoms with E-state index < -0.39 is 5.97 Å². The molecule has 1 heterocycles. The molecule has 0 aromatic carbocycles. The number of hydrogen-bond donors (Lipinski definition) is 1. The minimum absolute atomic E-state index is 0.198. The van der Waals surface area contributed by atoms with Crippen molar-refractivity contribution in [3.05, 3.63) is 17.8 Å². The second-order valence-corrected chi connectivity index (χ2v) is 5.95. The number of nitrogens with two attached hydrogens (primary N) is 1. The summed E-state index contributed by atoms with van der Waals surface area (Å²) in [6.07, 6.45) is 5.14. The van der Waals surface area contributed by atoms with Crippen LogP contribution in [0.15, 0.2) is 12.3 Å². The van der Waals surface area contributed by atoms with Gasteiger partial charge < -0.3 is 20.3 Å². The van der Waals surface area contributed by atoms with E-state index in [9.17, 15) is 4.79 Å². The van der Waals surface area contributed by atoms with Crippen LogP contribution in [0.1, 0.15) is 29.6 Å². The van der Waals surface area contributed by atoms with Crippen molar-refractivity contribution in [2.75, 3.05) is 45.4 Å². The van der Waals surface area contributed by atoms with Gasteiger partial charge in [0.15, 0.2) is 0 Å². The number of carbonyl (C=O) groups is 1. The van der Waals surface area contributed by atoms with Gasteiger partial charge in [0.05, 0.1) is 24.6 Å². The maximum Gasteiger partial charge on any atom is 0.340 e. The summed E-state index contributed by atoms with van der Waals surface area (Å²) in [7, 11) is 7.57. The van der Waals surface area contributed by atoms with E-state index in [1.165, 1.54) is 32.6 Å². The van der Waals surface area contributed by atoms with E-state index in [0.717, 1.165) is 12.4 Å². The molecule has 0 unspecified atom stereocenters. The summed E-state index contributed by atoms with van der Waals surface area (Å²) in [5.41, 5.74) is 6.69. The summed E-state index contributed by atoms with van der Waals surface area (Å²) in [5, 5.41) is 0. The Bertz CT molecular complexity index is 526. The monoisotopic (exact) mass is 292 g/mol. The molecule has 0 aliphatic heterocycles. The average Bonchev–Trinajstić information content (AvgIpc) is 2.41. The van der Waals surface area contributed by atoms with Crippen LogP contribution in [0.3, 0.4) is 0 Å². The fourth-order valence-corrected chi connectivity index (χ4v) is 2.80. The molecule has 1 fully saturated rings. The van der Waals surface area contributed by atoms with Crippen molar-refractivity contribution in [2.45, 2.75) is 24.8 Å². The van der Waals surface area contributed by atoms with Crippen molar-refractivity contribution in [1.82, 2.24) is 9.88 Å². The summed E-state index contributed by atoms with van der Waals surface area (Å²) in [6.45, 7) is 0.873. The average molecular weight is 292 g/mol. The normalized spacial score (nSPS) is 16.4. The fraction of sp³-hybridized carbons (Fsp3) is 0.600. The highest BCUT2D eigenvalue weighted by Gasteiger charge is 2.40. The van der Waals surface area contributed by atoms with Gasteiger partial charge >= 0.3 is 5.97 Å². The molecule has 1 aromatic rings. The Morgan fingerprint density at radius 2 is 2.10 bits per heavy atom. The zero-order valence-corrected chi connectivity index (χ0v) is 13.2. The lowest BCUT2D eigenvalue weighted by Gasteiger charge is -2.49. The van der Waals surface area contributed by atoms with Crippen LogP contribution in [0.2, 0.25) is 0 Å². The van der Waals surface area contributed by atoms with Crippen molar-refractivity contribution in [1.29, 1.82) is 0 Å². The largest absolute Gasteiger partial charge is 0.465 e. The Hall–Kier alpha value is -1.82. The zero-order valence-electron chi connectivity index (χ0n) is 13.2. The highest BCUT2D eigenvalue weighted by molar-refractivity contribution is 5.95. The minimum atomic E-state index is -0.435. The Morgan fingerprint density at radius 1 is 1.43 bits per heavy atom. The smallest absolute Gasteiger partial charge is 0.340 e. The molecule has 2 N–H and O–H groups in total. The highest BCUT2D eigenvalue weighted by atomic mass is 16.5. The number of nitrogens with zero attached hydrogens (tertiary/aromatic N) is 3. The second-order valence-electron chi connectivity index (χ2n) is 5.95. The zero-order chi connectivity index (χ0) is 15.6. The molecular formula is C15H24N4O2. The van der Waals surface area contributed by atoms with Crippen LogP contribution in [0.5, 0.6) is 0 Å². The van der Waals surface area contributed by atoms with Crippen LogP contribution >= 0.6 is 0 Å². The number of anilines is 2. The minimum Gasteiger partial charge on any atom is -0.465 e. The van der Waals surface area contributed by atoms with Crippen molar-refractivity contribution in [3.63, 3.8) is 0 Å². The molecule has 0 spiro atoms. The lowest BCUT2D eigenvalue weighted by atomic mass is 9.75. The van der Waals surface area contributed by atoms with Crippen molar-refractivity contribution in [2.24, 2.45) is 0 Å². The molecule has 0 bridgehead atoms. The van der Waals surface area contributed by atoms with E-state index in [1.807, 2.05) is 7.05 Å². The number of aromatic nitrogens is 1. The van der Waals surface area contributed by atoms with Crippen molar-refractivity contribution in [3.8, 4) is 0 Å². The number of likely N-dealkylation sites (N-methyl/N-ethyl adjacent to an activating group) is 2. The third kappa shape index (κ3) is 2.95. The van der Waals surface area contributed by atoms with Crippen LogP contribution in [0.4, 0.5) is 11.5 Å². The van der Waals surface area contributed by atoms with Crippen molar-refractivity contribution < 1.29 is 9.53 Å². The molecule has 6 heteroatoms. The van der Waals surface area contributed by atoms with E-state index in [0.29, 0.717) is 11.3 Å². The number of rotatable bonds is 5. The first-order valence-corrected chi connectivity index (χ1v) is 7.12. The Kier molecular flexibility index (Phi) is 4.37. The van der Waals surface area contributed by atoms with E-state index in [4.69, 9.17) is 10.5 Å². The van der Waals surface area contributed by atoms with Gasteiger partial charge in [0.2, 0.25) is 0 Å². The van der Waals surface area contributed by atoms with Gasteiger partial charge in [-0.3, -0.25) is 0 Å². The SMILES string of the molecule is COC(=O)c1cc(N(C)CC2(N(C)C)CCC2)ncc1N. The van der Waals surface area contributed by atoms with Crippen LogP contribution < -0.4 is 10.6 Å². The Morgan fingerprint density at radius 3 is 2.57 bits per heavy atom. The molecule has 1 aliphatic rings. The van der Waals surface area contributed by atoms with Gasteiger partial charge in [0, 0.05) is 19.1 Å². The third-order valence-electron chi connectivity index (χ3n) is 4.48. The fourth-order valence-electron chi connectivity index (χ4n) is 2.80. The molecule has 6 nitrogen and oxygen atoms in total. The van der Waals surface area contributed by atoms with Gasteiger partial charge in [-0.25, -0.2) is 9.78 Å². The number of hydrogen-bond acceptors (Lipinski definition) is 6. The highest BCUT2D eigenvalue weighted by Crippen LogP contribution is 2.37. The molecule has 0 radical (unpaired) electrons. The maximum atomic E-state index is 11.7. The molecular weight excluding hydrogens is 268 g/mol. The quantitative estimate of drug-likeness (QED) is 0.827. The summed E-state index contributed by atoms with van der Waals surface area (Å²) in [5.74, 6) is 0.299. The first-order chi connectivity index (χ1) is 9.89. The summed E-state index contributed by atoms with van der Waals surface area (Å²) < 4.78 is 4.75. The van der Waals surface area contributed by atoms with Gasteiger partial charge in [-0.05, 0) is 39.4 Å². The van der Waals surface area contributed by atoms with Crippen LogP contribution in [0, 0.1) is 0 Å². The lowest BCUT2D eigenvalue weighted by molar-refractivity contribution is 0.0601. The van der Waals surface area contributed by atoms with Crippen molar-refractivity contribution >= 4 is 17.5 Å². The first kappa shape index (κ1) is 15.6. The number of carbonyl (C=O) groups excluding carboxylic acids is 1. The van der Waals surface area contributed by atoms with Gasteiger partial charge in [-0.1, -0.05) is 0 Å². The molecule has 1 saturated carbocycles. The summed E-state index contributed by atoms with van der Waals surface area (Å²) in [4.78, 5) is 20.4. The molecule has 0 saturated heterocycles.